The van der Waals surface area contributed by atoms with Gasteiger partial charge < -0.3 is 25.4 Å². The predicted molar refractivity (Wildman–Crippen MR) is 129 cm³/mol. The van der Waals surface area contributed by atoms with Gasteiger partial charge >= 0.3 is 0 Å². The number of nitrogens with one attached hydrogen (secondary N) is 1. The van der Waals surface area contributed by atoms with Crippen molar-refractivity contribution in [3.63, 3.8) is 0 Å². The van der Waals surface area contributed by atoms with Crippen LogP contribution in [0.1, 0.15) is 48.1 Å². The van der Waals surface area contributed by atoms with E-state index in [1.165, 1.54) is 0 Å². The quantitative estimate of drug-likeness (QED) is 0.657. The summed E-state index contributed by atoms with van der Waals surface area (Å²) in [5.41, 5.74) is 8.28. The third-order valence-corrected chi connectivity index (χ3v) is 6.83. The lowest BCUT2D eigenvalue weighted by atomic mass is 9.87. The zero-order valence-electron chi connectivity index (χ0n) is 20.1. The van der Waals surface area contributed by atoms with Crippen LogP contribution in [0.5, 0.6) is 11.5 Å². The number of carbonyl (C=O) groups excluding carboxylic acids is 2. The van der Waals surface area contributed by atoms with Gasteiger partial charge in [-0.05, 0) is 57.1 Å². The van der Waals surface area contributed by atoms with E-state index in [2.05, 4.69) is 17.2 Å². The van der Waals surface area contributed by atoms with Crippen molar-refractivity contribution >= 4 is 17.6 Å². The van der Waals surface area contributed by atoms with Crippen LogP contribution in [0.4, 0.5) is 5.82 Å². The first kappa shape index (κ1) is 23.5. The Hall–Kier alpha value is -3.67. The molecule has 34 heavy (non-hydrogen) atoms. The molecule has 9 nitrogen and oxygen atoms in total. The maximum absolute atomic E-state index is 12.6. The van der Waals surface area contributed by atoms with Crippen molar-refractivity contribution in [2.45, 2.75) is 39.2 Å². The summed E-state index contributed by atoms with van der Waals surface area (Å²) in [4.78, 5) is 26.5. The van der Waals surface area contributed by atoms with Crippen LogP contribution in [0, 0.1) is 24.7 Å². The highest BCUT2D eigenvalue weighted by molar-refractivity contribution is 6.04. The number of hydrogen-bond acceptors (Lipinski definition) is 6. The first-order valence-electron chi connectivity index (χ1n) is 11.5. The highest BCUT2D eigenvalue weighted by Gasteiger charge is 2.36. The fourth-order valence-corrected chi connectivity index (χ4v) is 5.07. The van der Waals surface area contributed by atoms with Gasteiger partial charge in [0.2, 0.25) is 0 Å². The van der Waals surface area contributed by atoms with Crippen LogP contribution >= 0.6 is 0 Å². The van der Waals surface area contributed by atoms with Crippen LogP contribution in [0.25, 0.3) is 11.3 Å². The minimum atomic E-state index is -0.540. The molecule has 180 valence electrons. The number of nitrogens with two attached hydrogens (primary N) is 1. The van der Waals surface area contributed by atoms with Crippen molar-refractivity contribution in [1.82, 2.24) is 14.7 Å². The van der Waals surface area contributed by atoms with Gasteiger partial charge in [0.1, 0.15) is 28.6 Å². The van der Waals surface area contributed by atoms with Crippen molar-refractivity contribution in [2.75, 3.05) is 39.2 Å². The normalized spacial score (nSPS) is 17.8. The summed E-state index contributed by atoms with van der Waals surface area (Å²) in [6.07, 6.45) is 2.59. The highest BCUT2D eigenvalue weighted by atomic mass is 16.5. The molecule has 0 aliphatic carbocycles. The van der Waals surface area contributed by atoms with E-state index in [0.29, 0.717) is 53.1 Å². The van der Waals surface area contributed by atoms with E-state index < -0.39 is 5.91 Å². The van der Waals surface area contributed by atoms with Gasteiger partial charge in [-0.2, -0.15) is 5.10 Å². The predicted octanol–water partition coefficient (Wildman–Crippen LogP) is 2.59. The number of amides is 2. The summed E-state index contributed by atoms with van der Waals surface area (Å²) in [5.74, 6) is 6.92. The summed E-state index contributed by atoms with van der Waals surface area (Å²) in [6.45, 7) is 5.64. The first-order valence-corrected chi connectivity index (χ1v) is 11.5. The third kappa shape index (κ3) is 4.16. The Morgan fingerprint density at radius 2 is 1.79 bits per heavy atom. The summed E-state index contributed by atoms with van der Waals surface area (Å²) in [5, 5.41) is 8.24. The SMILES string of the molecule is CC#CC(=O)N1CCC(C2CCNc3c(C(N)=O)c(-c4cc(OC)c(C)c(OC)c4)nn32)CC1. The van der Waals surface area contributed by atoms with Gasteiger partial charge in [0.15, 0.2) is 0 Å². The molecule has 1 aromatic carbocycles. The van der Waals surface area contributed by atoms with E-state index in [0.717, 1.165) is 31.4 Å². The molecule has 3 heterocycles. The van der Waals surface area contributed by atoms with Gasteiger partial charge in [-0.15, -0.1) is 0 Å². The first-order chi connectivity index (χ1) is 16.4. The summed E-state index contributed by atoms with van der Waals surface area (Å²) in [6, 6.07) is 3.81. The minimum Gasteiger partial charge on any atom is -0.496 e. The Bertz CT molecular complexity index is 1140. The summed E-state index contributed by atoms with van der Waals surface area (Å²) < 4.78 is 13.0. The summed E-state index contributed by atoms with van der Waals surface area (Å²) >= 11 is 0. The molecule has 0 radical (unpaired) electrons. The van der Waals surface area contributed by atoms with Crippen molar-refractivity contribution in [1.29, 1.82) is 0 Å². The topological polar surface area (TPSA) is 112 Å². The number of nitrogens with zero attached hydrogens (tertiary/aromatic N) is 3. The fourth-order valence-electron chi connectivity index (χ4n) is 5.07. The molecule has 0 bridgehead atoms. The number of benzene rings is 1. The Morgan fingerprint density at radius 1 is 1.15 bits per heavy atom. The van der Waals surface area contributed by atoms with Gasteiger partial charge in [0.25, 0.3) is 11.8 Å². The standard InChI is InChI=1S/C25H31N5O4/c1-5-6-21(31)29-11-8-16(9-12-29)18-7-10-27-25-22(24(26)32)23(28-30(18)25)17-13-19(33-3)15(2)20(14-17)34-4/h13-14,16,18,27H,7-12H2,1-4H3,(H2,26,32). The van der Waals surface area contributed by atoms with Gasteiger partial charge in [-0.3, -0.25) is 9.59 Å². The van der Waals surface area contributed by atoms with Crippen LogP contribution in [0.3, 0.4) is 0 Å². The number of rotatable bonds is 5. The van der Waals surface area contributed by atoms with E-state index in [1.54, 1.807) is 21.1 Å². The lowest BCUT2D eigenvalue weighted by Crippen LogP contribution is -2.41. The van der Waals surface area contributed by atoms with Crippen molar-refractivity contribution in [3.8, 4) is 34.6 Å². The molecule has 1 saturated heterocycles. The van der Waals surface area contributed by atoms with Gasteiger partial charge in [-0.25, -0.2) is 4.68 Å². The number of likely N-dealkylation sites (tertiary alicyclic amines) is 1. The zero-order chi connectivity index (χ0) is 24.4. The van der Waals surface area contributed by atoms with Crippen LogP contribution < -0.4 is 20.5 Å². The Kier molecular flexibility index (Phi) is 6.68. The number of aromatic nitrogens is 2. The zero-order valence-corrected chi connectivity index (χ0v) is 20.1. The monoisotopic (exact) mass is 465 g/mol. The second kappa shape index (κ2) is 9.67. The molecular formula is C25H31N5O4. The van der Waals surface area contributed by atoms with Crippen LogP contribution in [0.15, 0.2) is 12.1 Å². The number of anilines is 1. The molecule has 4 rings (SSSR count). The van der Waals surface area contributed by atoms with Crippen molar-refractivity contribution < 1.29 is 19.1 Å². The highest BCUT2D eigenvalue weighted by Crippen LogP contribution is 2.42. The van der Waals surface area contributed by atoms with E-state index in [1.807, 2.05) is 28.6 Å². The fraction of sp³-hybridized carbons (Fsp3) is 0.480. The van der Waals surface area contributed by atoms with E-state index >= 15 is 0 Å². The second-order valence-corrected chi connectivity index (χ2v) is 8.67. The minimum absolute atomic E-state index is 0.104. The number of piperidine rings is 1. The molecule has 0 saturated carbocycles. The number of carbonyl (C=O) groups is 2. The lowest BCUT2D eigenvalue weighted by Gasteiger charge is -2.37. The van der Waals surface area contributed by atoms with E-state index in [-0.39, 0.29) is 11.9 Å². The van der Waals surface area contributed by atoms with Crippen molar-refractivity contribution in [2.24, 2.45) is 11.7 Å². The molecule has 0 spiro atoms. The maximum Gasteiger partial charge on any atom is 0.298 e. The number of ether oxygens (including phenoxy) is 2. The Labute approximate surface area is 199 Å². The molecule has 1 fully saturated rings. The Morgan fingerprint density at radius 3 is 2.35 bits per heavy atom. The smallest absolute Gasteiger partial charge is 0.298 e. The third-order valence-electron chi connectivity index (χ3n) is 6.83. The van der Waals surface area contributed by atoms with E-state index in [9.17, 15) is 9.59 Å². The molecule has 1 unspecified atom stereocenters. The molecule has 1 aromatic heterocycles. The number of fused-ring (bicyclic) bond motifs is 1. The molecule has 2 aliphatic heterocycles. The van der Waals surface area contributed by atoms with Gasteiger partial charge in [-0.1, -0.05) is 5.92 Å². The number of hydrogen-bond donors (Lipinski definition) is 2. The average Bonchev–Trinajstić information content (AvgIpc) is 3.24. The van der Waals surface area contributed by atoms with Crippen LogP contribution in [0.2, 0.25) is 0 Å². The van der Waals surface area contributed by atoms with Gasteiger partial charge in [0.05, 0.1) is 20.3 Å². The molecule has 3 N–H and O–H groups in total. The summed E-state index contributed by atoms with van der Waals surface area (Å²) in [7, 11) is 3.19. The molecule has 2 aliphatic rings. The van der Waals surface area contributed by atoms with Crippen LogP contribution in [-0.4, -0.2) is 60.3 Å². The number of methoxy groups -OCH3 is 2. The van der Waals surface area contributed by atoms with Gasteiger partial charge in [0, 0.05) is 30.8 Å². The number of primary amides is 1. The second-order valence-electron chi connectivity index (χ2n) is 8.67. The molecular weight excluding hydrogens is 434 g/mol. The molecule has 9 heteroatoms. The molecule has 1 atom stereocenters. The largest absolute Gasteiger partial charge is 0.496 e. The maximum atomic E-state index is 12.6. The Balaban J connectivity index is 1.71. The molecule has 2 aromatic rings. The molecule has 2 amide bonds. The lowest BCUT2D eigenvalue weighted by molar-refractivity contribution is -0.126. The van der Waals surface area contributed by atoms with Crippen molar-refractivity contribution in [3.05, 3.63) is 23.3 Å². The average molecular weight is 466 g/mol. The van der Waals surface area contributed by atoms with E-state index in [4.69, 9.17) is 20.3 Å². The van der Waals surface area contributed by atoms with Crippen LogP contribution in [-0.2, 0) is 4.79 Å².